The Hall–Kier alpha value is -2.89. The number of amides is 2. The summed E-state index contributed by atoms with van der Waals surface area (Å²) in [7, 11) is 0. The van der Waals surface area contributed by atoms with Gasteiger partial charge in [-0.15, -0.1) is 0 Å². The number of halogens is 1. The zero-order valence-corrected chi connectivity index (χ0v) is 12.1. The van der Waals surface area contributed by atoms with Crippen LogP contribution in [0.5, 0.6) is 5.75 Å². The fraction of sp³-hybridized carbons (Fsp3) is 0.176. The summed E-state index contributed by atoms with van der Waals surface area (Å²) in [5, 5.41) is 11.9. The number of phenols is 1. The fourth-order valence-corrected chi connectivity index (χ4v) is 2.78. The van der Waals surface area contributed by atoms with Gasteiger partial charge in [0.2, 0.25) is 11.8 Å². The van der Waals surface area contributed by atoms with Crippen LogP contribution in [0.3, 0.4) is 0 Å². The maximum Gasteiger partial charge on any atom is 0.240 e. The minimum Gasteiger partial charge on any atom is -0.508 e. The van der Waals surface area contributed by atoms with Crippen LogP contribution in [0.1, 0.15) is 17.9 Å². The van der Waals surface area contributed by atoms with Crippen molar-refractivity contribution in [2.75, 3.05) is 5.32 Å². The van der Waals surface area contributed by atoms with E-state index < -0.39 is 17.2 Å². The second-order valence-corrected chi connectivity index (χ2v) is 5.64. The number of carbonyl (C=O) groups excluding carboxylic acids is 2. The molecule has 1 fully saturated rings. The summed E-state index contributed by atoms with van der Waals surface area (Å²) < 4.78 is 13.0. The summed E-state index contributed by atoms with van der Waals surface area (Å²) in [6.07, 6.45) is 0.290. The third-order valence-electron chi connectivity index (χ3n) is 4.20. The Morgan fingerprint density at radius 2 is 1.74 bits per heavy atom. The maximum absolute atomic E-state index is 13.0. The number of benzene rings is 2. The van der Waals surface area contributed by atoms with Gasteiger partial charge in [-0.05, 0) is 48.4 Å². The van der Waals surface area contributed by atoms with Crippen LogP contribution in [0.4, 0.5) is 10.1 Å². The number of nitrogens with one attached hydrogen (secondary N) is 1. The molecular weight excluding hydrogens is 299 g/mol. The van der Waals surface area contributed by atoms with E-state index in [9.17, 15) is 19.1 Å². The summed E-state index contributed by atoms with van der Waals surface area (Å²) in [5.74, 6) is -1.87. The molecule has 2 aromatic rings. The average Bonchev–Trinajstić information content (AvgIpc) is 3.27. The molecule has 0 aliphatic heterocycles. The first kappa shape index (κ1) is 15.0. The predicted octanol–water partition coefficient (Wildman–Crippen LogP) is 2.13. The molecule has 1 aliphatic carbocycles. The molecule has 4 N–H and O–H groups in total. The predicted molar refractivity (Wildman–Crippen MR) is 82.1 cm³/mol. The van der Waals surface area contributed by atoms with Gasteiger partial charge in [0.25, 0.3) is 0 Å². The van der Waals surface area contributed by atoms with E-state index in [0.717, 1.165) is 0 Å². The van der Waals surface area contributed by atoms with Gasteiger partial charge in [-0.25, -0.2) is 4.39 Å². The highest BCUT2D eigenvalue weighted by molar-refractivity contribution is 6.14. The molecule has 0 spiro atoms. The molecule has 0 aromatic heterocycles. The Labute approximate surface area is 131 Å². The third kappa shape index (κ3) is 2.63. The molecule has 2 amide bonds. The Kier molecular flexibility index (Phi) is 3.52. The highest BCUT2D eigenvalue weighted by Crippen LogP contribution is 2.59. The molecule has 1 aliphatic rings. The first-order chi connectivity index (χ1) is 10.9. The van der Waals surface area contributed by atoms with Crippen molar-refractivity contribution in [3.63, 3.8) is 0 Å². The van der Waals surface area contributed by atoms with Crippen LogP contribution >= 0.6 is 0 Å². The van der Waals surface area contributed by atoms with Crippen LogP contribution < -0.4 is 11.1 Å². The highest BCUT2D eigenvalue weighted by Gasteiger charge is 2.65. The van der Waals surface area contributed by atoms with Gasteiger partial charge in [-0.1, -0.05) is 12.1 Å². The molecular formula is C17H15FN2O3. The van der Waals surface area contributed by atoms with Crippen LogP contribution in [0.2, 0.25) is 0 Å². The van der Waals surface area contributed by atoms with Gasteiger partial charge >= 0.3 is 0 Å². The molecule has 1 saturated carbocycles. The third-order valence-corrected chi connectivity index (χ3v) is 4.20. The van der Waals surface area contributed by atoms with Crippen LogP contribution in [0.25, 0.3) is 0 Å². The van der Waals surface area contributed by atoms with Crippen molar-refractivity contribution < 1.29 is 19.1 Å². The van der Waals surface area contributed by atoms with E-state index in [1.807, 2.05) is 0 Å². The van der Waals surface area contributed by atoms with Crippen molar-refractivity contribution in [2.24, 2.45) is 11.1 Å². The van der Waals surface area contributed by atoms with E-state index in [1.54, 1.807) is 12.1 Å². The summed E-state index contributed by atoms with van der Waals surface area (Å²) >= 11 is 0. The van der Waals surface area contributed by atoms with E-state index in [2.05, 4.69) is 5.32 Å². The van der Waals surface area contributed by atoms with Crippen molar-refractivity contribution in [2.45, 2.75) is 12.3 Å². The van der Waals surface area contributed by atoms with Crippen molar-refractivity contribution >= 4 is 17.5 Å². The van der Waals surface area contributed by atoms with Crippen LogP contribution in [-0.4, -0.2) is 16.9 Å². The van der Waals surface area contributed by atoms with Gasteiger partial charge in [-0.2, -0.15) is 0 Å². The molecule has 3 rings (SSSR count). The summed E-state index contributed by atoms with van der Waals surface area (Å²) in [6, 6.07) is 11.6. The number of hydrogen-bond donors (Lipinski definition) is 3. The second-order valence-electron chi connectivity index (χ2n) is 5.64. The molecule has 2 aromatic carbocycles. The number of anilines is 1. The largest absolute Gasteiger partial charge is 0.508 e. The molecule has 118 valence electrons. The number of hydrogen-bond acceptors (Lipinski definition) is 3. The lowest BCUT2D eigenvalue weighted by atomic mass is 9.97. The highest BCUT2D eigenvalue weighted by atomic mass is 19.1. The minimum atomic E-state index is -1.32. The number of nitrogens with two attached hydrogens (primary N) is 1. The topological polar surface area (TPSA) is 92.4 Å². The summed E-state index contributed by atoms with van der Waals surface area (Å²) in [4.78, 5) is 24.4. The maximum atomic E-state index is 13.0. The molecule has 0 bridgehead atoms. The number of phenolic OH excluding ortho intramolecular Hbond substituents is 1. The Balaban J connectivity index is 1.82. The van der Waals surface area contributed by atoms with Crippen LogP contribution in [0, 0.1) is 11.2 Å². The zero-order chi connectivity index (χ0) is 16.6. The monoisotopic (exact) mass is 314 g/mol. The molecule has 2 atom stereocenters. The molecule has 2 unspecified atom stereocenters. The first-order valence-corrected chi connectivity index (χ1v) is 7.09. The van der Waals surface area contributed by atoms with Crippen molar-refractivity contribution in [1.29, 1.82) is 0 Å². The number of primary amides is 1. The molecule has 23 heavy (non-hydrogen) atoms. The minimum absolute atomic E-state index is 0.0724. The number of rotatable bonds is 4. The van der Waals surface area contributed by atoms with Gasteiger partial charge < -0.3 is 16.2 Å². The van der Waals surface area contributed by atoms with Gasteiger partial charge in [0.15, 0.2) is 0 Å². The van der Waals surface area contributed by atoms with E-state index in [1.165, 1.54) is 36.4 Å². The van der Waals surface area contributed by atoms with Crippen molar-refractivity contribution in [3.05, 3.63) is 59.9 Å². The first-order valence-electron chi connectivity index (χ1n) is 7.09. The summed E-state index contributed by atoms with van der Waals surface area (Å²) in [5.41, 5.74) is 5.29. The molecule has 0 heterocycles. The van der Waals surface area contributed by atoms with Gasteiger partial charge in [-0.3, -0.25) is 9.59 Å². The lowest BCUT2D eigenvalue weighted by molar-refractivity contribution is -0.132. The zero-order valence-electron chi connectivity index (χ0n) is 12.1. The average molecular weight is 314 g/mol. The summed E-state index contributed by atoms with van der Waals surface area (Å²) in [6.45, 7) is 0. The second kappa shape index (κ2) is 5.39. The van der Waals surface area contributed by atoms with E-state index in [-0.39, 0.29) is 23.9 Å². The quantitative estimate of drug-likeness (QED) is 0.596. The molecule has 0 saturated heterocycles. The molecule has 6 heteroatoms. The van der Waals surface area contributed by atoms with Gasteiger partial charge in [0.1, 0.15) is 17.0 Å². The smallest absolute Gasteiger partial charge is 0.240 e. The Bertz CT molecular complexity index is 758. The number of carbonyl (C=O) groups is 2. The van der Waals surface area contributed by atoms with E-state index in [4.69, 9.17) is 5.73 Å². The lowest BCUT2D eigenvalue weighted by Gasteiger charge is -2.14. The number of aromatic hydroxyl groups is 1. The molecule has 5 nitrogen and oxygen atoms in total. The van der Waals surface area contributed by atoms with Gasteiger partial charge in [0, 0.05) is 11.6 Å². The Morgan fingerprint density at radius 3 is 2.30 bits per heavy atom. The molecule has 0 radical (unpaired) electrons. The fourth-order valence-electron chi connectivity index (χ4n) is 2.78. The van der Waals surface area contributed by atoms with E-state index in [0.29, 0.717) is 11.3 Å². The van der Waals surface area contributed by atoms with Crippen molar-refractivity contribution in [1.82, 2.24) is 0 Å². The van der Waals surface area contributed by atoms with Crippen LogP contribution in [0.15, 0.2) is 48.5 Å². The van der Waals surface area contributed by atoms with Crippen molar-refractivity contribution in [3.8, 4) is 5.75 Å². The Morgan fingerprint density at radius 1 is 1.13 bits per heavy atom. The van der Waals surface area contributed by atoms with Gasteiger partial charge in [0.05, 0.1) is 0 Å². The van der Waals surface area contributed by atoms with Crippen LogP contribution in [-0.2, 0) is 9.59 Å². The standard InChI is InChI=1S/C17H15FN2O3/c18-11-3-1-10(2-4-11)14-9-17(14,15(19)22)16(23)20-12-5-7-13(21)8-6-12/h1-8,14,21H,9H2,(H2,19,22)(H,20,23). The SMILES string of the molecule is NC(=O)C1(C(=O)Nc2ccc(O)cc2)CC1c1ccc(F)cc1. The van der Waals surface area contributed by atoms with E-state index >= 15 is 0 Å². The lowest BCUT2D eigenvalue weighted by Crippen LogP contribution is -2.37. The normalized spacial score (nSPS) is 22.4.